The van der Waals surface area contributed by atoms with Gasteiger partial charge in [0.2, 0.25) is 0 Å². The van der Waals surface area contributed by atoms with Crippen LogP contribution in [0, 0.1) is 0 Å². The Morgan fingerprint density at radius 2 is 2.06 bits per heavy atom. The second-order valence-corrected chi connectivity index (χ2v) is 5.34. The molecule has 2 rings (SSSR count). The van der Waals surface area contributed by atoms with Crippen molar-refractivity contribution in [3.05, 3.63) is 52.5 Å². The van der Waals surface area contributed by atoms with Crippen LogP contribution in [0.1, 0.15) is 24.0 Å². The Hall–Kier alpha value is -1.19. The lowest BCUT2D eigenvalue weighted by molar-refractivity contribution is 0.489. The second-order valence-electron chi connectivity index (χ2n) is 4.56. The van der Waals surface area contributed by atoms with E-state index in [1.807, 2.05) is 18.5 Å². The van der Waals surface area contributed by atoms with Gasteiger partial charge in [-0.15, -0.1) is 0 Å². The lowest BCUT2D eigenvalue weighted by atomic mass is 10.0. The van der Waals surface area contributed by atoms with Crippen molar-refractivity contribution in [3.8, 4) is 0 Å². The van der Waals surface area contributed by atoms with Crippen molar-refractivity contribution >= 4 is 11.3 Å². The molecule has 0 saturated carbocycles. The Kier molecular flexibility index (Phi) is 5.36. The van der Waals surface area contributed by atoms with Gasteiger partial charge in [-0.2, -0.15) is 11.3 Å². The maximum absolute atomic E-state index is 4.16. The second kappa shape index (κ2) is 7.29. The summed E-state index contributed by atoms with van der Waals surface area (Å²) in [6.45, 7) is 0. The molecule has 0 saturated heterocycles. The van der Waals surface area contributed by atoms with E-state index in [-0.39, 0.29) is 0 Å². The summed E-state index contributed by atoms with van der Waals surface area (Å²) in [7, 11) is 2.06. The minimum absolute atomic E-state index is 0.588. The van der Waals surface area contributed by atoms with E-state index in [1.54, 1.807) is 11.3 Å². The van der Waals surface area contributed by atoms with E-state index < -0.39 is 0 Å². The van der Waals surface area contributed by atoms with Crippen molar-refractivity contribution in [3.63, 3.8) is 0 Å². The van der Waals surface area contributed by atoms with Crippen molar-refractivity contribution in [2.24, 2.45) is 0 Å². The van der Waals surface area contributed by atoms with E-state index in [2.05, 4.69) is 40.2 Å². The van der Waals surface area contributed by atoms with Crippen LogP contribution in [0.2, 0.25) is 0 Å². The van der Waals surface area contributed by atoms with Gasteiger partial charge in [0.1, 0.15) is 0 Å². The third-order valence-electron chi connectivity index (χ3n) is 3.27. The maximum atomic E-state index is 4.16. The summed E-state index contributed by atoms with van der Waals surface area (Å²) in [5, 5.41) is 7.81. The lowest BCUT2D eigenvalue weighted by Gasteiger charge is -2.15. The number of aryl methyl sites for hydroxylation is 2. The first-order chi connectivity index (χ1) is 8.88. The average molecular weight is 260 g/mol. The molecule has 0 aromatic carbocycles. The molecule has 2 heterocycles. The first-order valence-corrected chi connectivity index (χ1v) is 7.40. The van der Waals surface area contributed by atoms with Gasteiger partial charge in [0.25, 0.3) is 0 Å². The molecule has 2 aromatic heterocycles. The molecule has 1 unspecified atom stereocenters. The molecule has 96 valence electrons. The summed E-state index contributed by atoms with van der Waals surface area (Å²) in [6, 6.07) is 6.97. The molecule has 1 N–H and O–H groups in total. The average Bonchev–Trinajstić information content (AvgIpc) is 2.93. The molecule has 0 aliphatic rings. The summed E-state index contributed by atoms with van der Waals surface area (Å²) in [5.41, 5.74) is 2.79. The fourth-order valence-electron chi connectivity index (χ4n) is 2.10. The van der Waals surface area contributed by atoms with Crippen LogP contribution in [0.4, 0.5) is 0 Å². The van der Waals surface area contributed by atoms with Crippen LogP contribution in [0.15, 0.2) is 41.4 Å². The molecule has 2 aromatic rings. The van der Waals surface area contributed by atoms with Crippen molar-refractivity contribution < 1.29 is 0 Å². The smallest absolute Gasteiger partial charge is 0.0299 e. The Balaban J connectivity index is 1.75. The Labute approximate surface area is 113 Å². The molecule has 1 atom stereocenters. The highest BCUT2D eigenvalue weighted by atomic mass is 32.1. The molecule has 18 heavy (non-hydrogen) atoms. The van der Waals surface area contributed by atoms with E-state index in [4.69, 9.17) is 0 Å². The summed E-state index contributed by atoms with van der Waals surface area (Å²) in [4.78, 5) is 4.16. The van der Waals surface area contributed by atoms with Crippen molar-refractivity contribution in [2.75, 3.05) is 7.05 Å². The predicted octanol–water partition coefficient (Wildman–Crippen LogP) is 3.30. The number of hydrogen-bond donors (Lipinski definition) is 1. The number of hydrogen-bond acceptors (Lipinski definition) is 3. The fourth-order valence-corrected chi connectivity index (χ4v) is 2.80. The molecule has 0 aliphatic carbocycles. The third kappa shape index (κ3) is 4.24. The summed E-state index contributed by atoms with van der Waals surface area (Å²) in [5.74, 6) is 0. The number of rotatable bonds is 7. The summed E-state index contributed by atoms with van der Waals surface area (Å²) < 4.78 is 0. The third-order valence-corrected chi connectivity index (χ3v) is 4.01. The van der Waals surface area contributed by atoms with E-state index >= 15 is 0 Å². The van der Waals surface area contributed by atoms with Gasteiger partial charge < -0.3 is 5.32 Å². The van der Waals surface area contributed by atoms with Crippen molar-refractivity contribution in [1.82, 2.24) is 10.3 Å². The summed E-state index contributed by atoms with van der Waals surface area (Å²) >= 11 is 1.78. The molecule has 0 amide bonds. The molecule has 3 heteroatoms. The number of thiophene rings is 1. The SMILES string of the molecule is CNC(CCc1cccnc1)CCc1ccsc1. The van der Waals surface area contributed by atoms with Gasteiger partial charge in [0.15, 0.2) is 0 Å². The normalized spacial score (nSPS) is 12.5. The Morgan fingerprint density at radius 3 is 2.67 bits per heavy atom. The molecule has 0 spiro atoms. The minimum Gasteiger partial charge on any atom is -0.317 e. The van der Waals surface area contributed by atoms with E-state index in [1.165, 1.54) is 30.4 Å². The van der Waals surface area contributed by atoms with Gasteiger partial charge >= 0.3 is 0 Å². The molecular formula is C15H20N2S. The van der Waals surface area contributed by atoms with Gasteiger partial charge in [-0.25, -0.2) is 0 Å². The van der Waals surface area contributed by atoms with Crippen molar-refractivity contribution in [2.45, 2.75) is 31.7 Å². The highest BCUT2D eigenvalue weighted by Crippen LogP contribution is 2.12. The fraction of sp³-hybridized carbons (Fsp3) is 0.400. The van der Waals surface area contributed by atoms with Gasteiger partial charge in [0.05, 0.1) is 0 Å². The minimum atomic E-state index is 0.588. The largest absolute Gasteiger partial charge is 0.317 e. The first kappa shape index (κ1) is 13.2. The maximum Gasteiger partial charge on any atom is 0.0299 e. The lowest BCUT2D eigenvalue weighted by Crippen LogP contribution is -2.26. The standard InChI is InChI=1S/C15H20N2S/c1-16-15(7-5-14-8-10-18-12-14)6-4-13-3-2-9-17-11-13/h2-3,8-12,15-16H,4-7H2,1H3. The van der Waals surface area contributed by atoms with Crippen LogP contribution in [-0.2, 0) is 12.8 Å². The van der Waals surface area contributed by atoms with Crippen molar-refractivity contribution in [1.29, 1.82) is 0 Å². The number of aromatic nitrogens is 1. The van der Waals surface area contributed by atoms with Crippen LogP contribution < -0.4 is 5.32 Å². The quantitative estimate of drug-likeness (QED) is 0.826. The number of pyridine rings is 1. The van der Waals surface area contributed by atoms with Crippen LogP contribution in [0.25, 0.3) is 0 Å². The zero-order valence-corrected chi connectivity index (χ0v) is 11.6. The van der Waals surface area contributed by atoms with E-state index in [0.29, 0.717) is 6.04 Å². The first-order valence-electron chi connectivity index (χ1n) is 6.45. The topological polar surface area (TPSA) is 24.9 Å². The molecular weight excluding hydrogens is 240 g/mol. The molecule has 2 nitrogen and oxygen atoms in total. The monoisotopic (exact) mass is 260 g/mol. The van der Waals surface area contributed by atoms with Gasteiger partial charge in [0, 0.05) is 18.4 Å². The molecule has 0 fully saturated rings. The van der Waals surface area contributed by atoms with Gasteiger partial charge in [-0.05, 0) is 66.8 Å². The molecule has 0 aliphatic heterocycles. The molecule has 0 radical (unpaired) electrons. The van der Waals surface area contributed by atoms with Gasteiger partial charge in [-0.1, -0.05) is 6.07 Å². The van der Waals surface area contributed by atoms with E-state index in [9.17, 15) is 0 Å². The van der Waals surface area contributed by atoms with Crippen LogP contribution in [0.3, 0.4) is 0 Å². The highest BCUT2D eigenvalue weighted by Gasteiger charge is 2.07. The van der Waals surface area contributed by atoms with E-state index in [0.717, 1.165) is 6.42 Å². The zero-order valence-electron chi connectivity index (χ0n) is 10.8. The van der Waals surface area contributed by atoms with Crippen LogP contribution >= 0.6 is 11.3 Å². The summed E-state index contributed by atoms with van der Waals surface area (Å²) in [6.07, 6.45) is 8.44. The number of nitrogens with one attached hydrogen (secondary N) is 1. The Morgan fingerprint density at radius 1 is 1.22 bits per heavy atom. The zero-order chi connectivity index (χ0) is 12.6. The Bertz CT molecular complexity index is 425. The van der Waals surface area contributed by atoms with Gasteiger partial charge in [-0.3, -0.25) is 4.98 Å². The molecule has 0 bridgehead atoms. The number of nitrogens with zero attached hydrogens (tertiary/aromatic N) is 1. The van der Waals surface area contributed by atoms with Crippen LogP contribution in [-0.4, -0.2) is 18.1 Å². The van der Waals surface area contributed by atoms with Crippen LogP contribution in [0.5, 0.6) is 0 Å². The predicted molar refractivity (Wildman–Crippen MR) is 78.0 cm³/mol. The highest BCUT2D eigenvalue weighted by molar-refractivity contribution is 7.07.